The van der Waals surface area contributed by atoms with E-state index in [-0.39, 0.29) is 42.2 Å². The minimum absolute atomic E-state index is 0. The molecular formula is C32H44ClN3O3. The van der Waals surface area contributed by atoms with Crippen LogP contribution in [0.4, 0.5) is 0 Å². The average molecular weight is 554 g/mol. The van der Waals surface area contributed by atoms with E-state index >= 15 is 0 Å². The number of carbonyl (C=O) groups excluding carboxylic acids is 2. The SMILES string of the molecule is CCCCN1C(=O)C(C2CCCCC2)NC(=O)C1C1CCN(Cc2ccc(Oc3ccccc3)cc2)CC1.Cl. The molecule has 0 radical (unpaired) electrons. The van der Waals surface area contributed by atoms with E-state index in [1.807, 2.05) is 47.4 Å². The van der Waals surface area contributed by atoms with E-state index in [1.165, 1.54) is 24.8 Å². The summed E-state index contributed by atoms with van der Waals surface area (Å²) >= 11 is 0. The zero-order valence-corrected chi connectivity index (χ0v) is 24.0. The summed E-state index contributed by atoms with van der Waals surface area (Å²) in [6.45, 7) is 5.63. The number of piperidine rings is 1. The quantitative estimate of drug-likeness (QED) is 0.402. The van der Waals surface area contributed by atoms with Gasteiger partial charge in [0, 0.05) is 13.1 Å². The highest BCUT2D eigenvalue weighted by Gasteiger charge is 2.46. The first kappa shape index (κ1) is 29.4. The van der Waals surface area contributed by atoms with Crippen LogP contribution in [0.5, 0.6) is 11.5 Å². The molecule has 2 heterocycles. The summed E-state index contributed by atoms with van der Waals surface area (Å²) in [5.41, 5.74) is 1.26. The van der Waals surface area contributed by atoms with Gasteiger partial charge in [-0.1, -0.05) is 62.9 Å². The average Bonchev–Trinajstić information content (AvgIpc) is 2.96. The molecule has 6 nitrogen and oxygen atoms in total. The highest BCUT2D eigenvalue weighted by molar-refractivity contribution is 5.97. The van der Waals surface area contributed by atoms with Crippen molar-refractivity contribution in [3.8, 4) is 11.5 Å². The van der Waals surface area contributed by atoms with Gasteiger partial charge < -0.3 is 15.0 Å². The van der Waals surface area contributed by atoms with Crippen LogP contribution < -0.4 is 10.1 Å². The van der Waals surface area contributed by atoms with Crippen molar-refractivity contribution in [2.24, 2.45) is 11.8 Å². The fourth-order valence-corrected chi connectivity index (χ4v) is 6.56. The Balaban J connectivity index is 0.00000353. The van der Waals surface area contributed by atoms with Crippen LogP contribution in [0.2, 0.25) is 0 Å². The zero-order valence-electron chi connectivity index (χ0n) is 23.2. The van der Waals surface area contributed by atoms with Gasteiger partial charge in [0.2, 0.25) is 11.8 Å². The van der Waals surface area contributed by atoms with E-state index in [2.05, 4.69) is 29.3 Å². The molecule has 7 heteroatoms. The fraction of sp³-hybridized carbons (Fsp3) is 0.562. The Kier molecular flexibility index (Phi) is 10.7. The van der Waals surface area contributed by atoms with Crippen LogP contribution in [0.25, 0.3) is 0 Å². The lowest BCUT2D eigenvalue weighted by atomic mass is 9.80. The molecule has 39 heavy (non-hydrogen) atoms. The van der Waals surface area contributed by atoms with E-state index in [9.17, 15) is 9.59 Å². The van der Waals surface area contributed by atoms with Crippen LogP contribution in [-0.2, 0) is 16.1 Å². The number of likely N-dealkylation sites (tertiary alicyclic amines) is 1. The molecule has 1 aliphatic carbocycles. The van der Waals surface area contributed by atoms with Gasteiger partial charge in [0.25, 0.3) is 0 Å². The van der Waals surface area contributed by atoms with E-state index < -0.39 is 0 Å². The van der Waals surface area contributed by atoms with Crippen LogP contribution in [0.3, 0.4) is 0 Å². The molecule has 3 aliphatic rings. The smallest absolute Gasteiger partial charge is 0.246 e. The number of nitrogens with zero attached hydrogens (tertiary/aromatic N) is 2. The maximum atomic E-state index is 13.7. The Hall–Kier alpha value is -2.57. The number of amides is 2. The lowest BCUT2D eigenvalue weighted by Crippen LogP contribution is -2.67. The van der Waals surface area contributed by atoms with Crippen LogP contribution in [0.1, 0.15) is 70.3 Å². The van der Waals surface area contributed by atoms with Crippen molar-refractivity contribution in [1.29, 1.82) is 0 Å². The number of ether oxygens (including phenoxy) is 1. The van der Waals surface area contributed by atoms with Crippen molar-refractivity contribution in [3.63, 3.8) is 0 Å². The molecule has 0 spiro atoms. The minimum Gasteiger partial charge on any atom is -0.457 e. The van der Waals surface area contributed by atoms with Crippen molar-refractivity contribution < 1.29 is 14.3 Å². The van der Waals surface area contributed by atoms with Crippen LogP contribution >= 0.6 is 12.4 Å². The third-order valence-electron chi connectivity index (χ3n) is 8.71. The van der Waals surface area contributed by atoms with Crippen LogP contribution in [0, 0.1) is 11.8 Å². The van der Waals surface area contributed by atoms with Gasteiger partial charge in [0.05, 0.1) is 0 Å². The lowest BCUT2D eigenvalue weighted by Gasteiger charge is -2.46. The largest absolute Gasteiger partial charge is 0.457 e. The van der Waals surface area contributed by atoms with Gasteiger partial charge in [-0.15, -0.1) is 12.4 Å². The zero-order chi connectivity index (χ0) is 26.3. The number of hydrogen-bond acceptors (Lipinski definition) is 4. The molecule has 2 saturated heterocycles. The number of benzene rings is 2. The molecular weight excluding hydrogens is 510 g/mol. The second-order valence-electron chi connectivity index (χ2n) is 11.4. The first-order valence-corrected chi connectivity index (χ1v) is 14.8. The van der Waals surface area contributed by atoms with Crippen molar-refractivity contribution >= 4 is 24.2 Å². The normalized spacial score (nSPS) is 23.3. The summed E-state index contributed by atoms with van der Waals surface area (Å²) in [7, 11) is 0. The van der Waals surface area contributed by atoms with E-state index in [0.29, 0.717) is 12.5 Å². The number of rotatable bonds is 9. The number of para-hydroxylation sites is 1. The third kappa shape index (κ3) is 7.34. The second kappa shape index (κ2) is 14.2. The minimum atomic E-state index is -0.315. The Morgan fingerprint density at radius 1 is 0.846 bits per heavy atom. The van der Waals surface area contributed by atoms with Crippen molar-refractivity contribution in [1.82, 2.24) is 15.1 Å². The molecule has 2 unspecified atom stereocenters. The van der Waals surface area contributed by atoms with E-state index in [4.69, 9.17) is 4.74 Å². The molecule has 2 aromatic rings. The Morgan fingerprint density at radius 3 is 2.18 bits per heavy atom. The number of hydrogen-bond donors (Lipinski definition) is 1. The van der Waals surface area contributed by atoms with Gasteiger partial charge in [0.1, 0.15) is 23.6 Å². The molecule has 2 aliphatic heterocycles. The van der Waals surface area contributed by atoms with Crippen LogP contribution in [0.15, 0.2) is 54.6 Å². The van der Waals surface area contributed by atoms with E-state index in [0.717, 1.165) is 69.7 Å². The first-order valence-electron chi connectivity index (χ1n) is 14.8. The monoisotopic (exact) mass is 553 g/mol. The molecule has 0 bridgehead atoms. The Bertz CT molecular complexity index is 1050. The van der Waals surface area contributed by atoms with Crippen molar-refractivity contribution in [3.05, 3.63) is 60.2 Å². The summed E-state index contributed by atoms with van der Waals surface area (Å²) < 4.78 is 5.92. The first-order chi connectivity index (χ1) is 18.6. The molecule has 1 N–H and O–H groups in total. The molecule has 2 amide bonds. The third-order valence-corrected chi connectivity index (χ3v) is 8.71. The molecule has 212 valence electrons. The van der Waals surface area contributed by atoms with Gasteiger partial charge in [-0.25, -0.2) is 0 Å². The standard InChI is InChI=1S/C32H43N3O3.ClH/c1-2-3-20-35-30(31(36)33-29(32(35)37)25-10-6-4-7-11-25)26-18-21-34(22-19-26)23-24-14-16-28(17-15-24)38-27-12-8-5-9-13-27;/h5,8-9,12-17,25-26,29-30H,2-4,6-7,10-11,18-23H2,1H3,(H,33,36);1H. The summed E-state index contributed by atoms with van der Waals surface area (Å²) in [6, 6.07) is 17.5. The van der Waals surface area contributed by atoms with Crippen LogP contribution in [-0.4, -0.2) is 53.3 Å². The van der Waals surface area contributed by atoms with E-state index in [1.54, 1.807) is 0 Å². The molecule has 2 aromatic carbocycles. The number of carbonyl (C=O) groups is 2. The van der Waals surface area contributed by atoms with Crippen molar-refractivity contribution in [2.75, 3.05) is 19.6 Å². The maximum absolute atomic E-state index is 13.7. The number of unbranched alkanes of at least 4 members (excludes halogenated alkanes) is 1. The summed E-state index contributed by atoms with van der Waals surface area (Å²) in [4.78, 5) is 31.6. The summed E-state index contributed by atoms with van der Waals surface area (Å²) in [5.74, 6) is 2.47. The highest BCUT2D eigenvalue weighted by atomic mass is 35.5. The summed E-state index contributed by atoms with van der Waals surface area (Å²) in [6.07, 6.45) is 9.57. The molecule has 2 atom stereocenters. The topological polar surface area (TPSA) is 61.9 Å². The Morgan fingerprint density at radius 2 is 1.51 bits per heavy atom. The molecule has 3 fully saturated rings. The molecule has 0 aromatic heterocycles. The highest BCUT2D eigenvalue weighted by Crippen LogP contribution is 2.33. The number of piperazine rings is 1. The van der Waals surface area contributed by atoms with Crippen molar-refractivity contribution in [2.45, 2.75) is 83.3 Å². The lowest BCUT2D eigenvalue weighted by molar-refractivity contribution is -0.154. The molecule has 5 rings (SSSR count). The fourth-order valence-electron chi connectivity index (χ4n) is 6.56. The Labute approximate surface area is 239 Å². The second-order valence-corrected chi connectivity index (χ2v) is 11.4. The predicted molar refractivity (Wildman–Crippen MR) is 157 cm³/mol. The van der Waals surface area contributed by atoms with Gasteiger partial charge in [0.15, 0.2) is 0 Å². The van der Waals surface area contributed by atoms with Gasteiger partial charge in [-0.2, -0.15) is 0 Å². The van der Waals surface area contributed by atoms with Gasteiger partial charge in [-0.3, -0.25) is 14.5 Å². The van der Waals surface area contributed by atoms with Gasteiger partial charge in [-0.05, 0) is 86.9 Å². The molecule has 1 saturated carbocycles. The summed E-state index contributed by atoms with van der Waals surface area (Å²) in [5, 5.41) is 3.21. The van der Waals surface area contributed by atoms with Gasteiger partial charge >= 0.3 is 0 Å². The number of halogens is 1. The number of nitrogens with one attached hydrogen (secondary N) is 1. The maximum Gasteiger partial charge on any atom is 0.246 e. The predicted octanol–water partition coefficient (Wildman–Crippen LogP) is 6.19.